The quantitative estimate of drug-likeness (QED) is 0.470. The Balaban J connectivity index is 1.83. The number of amides is 1. The monoisotopic (exact) mass is 421 g/mol. The number of hydrogen-bond donors (Lipinski definition) is 2. The average Bonchev–Trinajstić information content (AvgIpc) is 3.03. The SMILES string of the molecule is COc1ccc(NC(=NCc2c(C)nn(C)c2C)NC(=O)c2ccc(OC)cc2)cc1. The van der Waals surface area contributed by atoms with Crippen LogP contribution in [0.3, 0.4) is 0 Å². The Hall–Kier alpha value is -3.81. The number of aryl methyl sites for hydroxylation is 2. The van der Waals surface area contributed by atoms with E-state index in [1.807, 2.05) is 49.8 Å². The largest absolute Gasteiger partial charge is 0.497 e. The highest BCUT2D eigenvalue weighted by molar-refractivity contribution is 6.10. The molecule has 0 saturated carbocycles. The van der Waals surface area contributed by atoms with Crippen LogP contribution in [0.2, 0.25) is 0 Å². The maximum Gasteiger partial charge on any atom is 0.257 e. The summed E-state index contributed by atoms with van der Waals surface area (Å²) in [6.45, 7) is 4.33. The number of carbonyl (C=O) groups excluding carboxylic acids is 1. The van der Waals surface area contributed by atoms with Gasteiger partial charge in [0.05, 0.1) is 26.5 Å². The molecule has 31 heavy (non-hydrogen) atoms. The molecule has 3 rings (SSSR count). The minimum atomic E-state index is -0.276. The molecule has 162 valence electrons. The molecule has 0 fully saturated rings. The van der Waals surface area contributed by atoms with Crippen molar-refractivity contribution in [2.75, 3.05) is 19.5 Å². The summed E-state index contributed by atoms with van der Waals surface area (Å²) in [6, 6.07) is 14.3. The summed E-state index contributed by atoms with van der Waals surface area (Å²) in [5.41, 5.74) is 4.24. The first-order chi connectivity index (χ1) is 14.9. The summed E-state index contributed by atoms with van der Waals surface area (Å²) in [4.78, 5) is 17.4. The predicted octanol–water partition coefficient (Wildman–Crippen LogP) is 3.45. The van der Waals surface area contributed by atoms with Crippen LogP contribution in [-0.4, -0.2) is 35.9 Å². The van der Waals surface area contributed by atoms with Gasteiger partial charge < -0.3 is 14.8 Å². The highest BCUT2D eigenvalue weighted by Crippen LogP contribution is 2.16. The molecule has 1 heterocycles. The van der Waals surface area contributed by atoms with Gasteiger partial charge >= 0.3 is 0 Å². The molecule has 0 atom stereocenters. The van der Waals surface area contributed by atoms with Gasteiger partial charge in [-0.05, 0) is 62.4 Å². The van der Waals surface area contributed by atoms with Crippen molar-refractivity contribution in [3.05, 3.63) is 71.0 Å². The summed E-state index contributed by atoms with van der Waals surface area (Å²) in [5.74, 6) is 1.49. The van der Waals surface area contributed by atoms with E-state index in [0.717, 1.165) is 28.4 Å². The zero-order valence-corrected chi connectivity index (χ0v) is 18.4. The van der Waals surface area contributed by atoms with Crippen molar-refractivity contribution in [1.82, 2.24) is 15.1 Å². The van der Waals surface area contributed by atoms with E-state index in [0.29, 0.717) is 23.8 Å². The second kappa shape index (κ2) is 9.80. The summed E-state index contributed by atoms with van der Waals surface area (Å²) in [5, 5.41) is 10.5. The minimum Gasteiger partial charge on any atom is -0.497 e. The number of carbonyl (C=O) groups is 1. The first kappa shape index (κ1) is 21.9. The van der Waals surface area contributed by atoms with Crippen LogP contribution in [-0.2, 0) is 13.6 Å². The predicted molar refractivity (Wildman–Crippen MR) is 121 cm³/mol. The molecule has 0 aliphatic rings. The Morgan fingerprint density at radius 2 is 1.58 bits per heavy atom. The van der Waals surface area contributed by atoms with E-state index >= 15 is 0 Å². The van der Waals surface area contributed by atoms with Crippen LogP contribution in [0.1, 0.15) is 27.3 Å². The summed E-state index contributed by atoms with van der Waals surface area (Å²) < 4.78 is 12.2. The van der Waals surface area contributed by atoms with Crippen LogP contribution in [0, 0.1) is 13.8 Å². The summed E-state index contributed by atoms with van der Waals surface area (Å²) in [7, 11) is 5.10. The molecule has 0 unspecified atom stereocenters. The Morgan fingerprint density at radius 3 is 2.10 bits per heavy atom. The van der Waals surface area contributed by atoms with Gasteiger partial charge in [-0.1, -0.05) is 0 Å². The van der Waals surface area contributed by atoms with Crippen molar-refractivity contribution in [2.45, 2.75) is 20.4 Å². The number of anilines is 1. The number of ether oxygens (including phenoxy) is 2. The third-order valence-electron chi connectivity index (χ3n) is 4.99. The molecule has 0 radical (unpaired) electrons. The van der Waals surface area contributed by atoms with Crippen LogP contribution in [0.25, 0.3) is 0 Å². The Kier molecular flexibility index (Phi) is 6.92. The molecule has 0 aliphatic heterocycles. The fourth-order valence-electron chi connectivity index (χ4n) is 3.05. The smallest absolute Gasteiger partial charge is 0.257 e. The molecule has 2 aromatic carbocycles. The lowest BCUT2D eigenvalue weighted by Gasteiger charge is -2.13. The van der Waals surface area contributed by atoms with E-state index in [-0.39, 0.29) is 5.91 Å². The van der Waals surface area contributed by atoms with Gasteiger partial charge in [-0.25, -0.2) is 4.99 Å². The summed E-state index contributed by atoms with van der Waals surface area (Å²) in [6.07, 6.45) is 0. The molecule has 2 N–H and O–H groups in total. The fraction of sp³-hybridized carbons (Fsp3) is 0.261. The van der Waals surface area contributed by atoms with E-state index < -0.39 is 0 Å². The third kappa shape index (κ3) is 5.42. The first-order valence-electron chi connectivity index (χ1n) is 9.81. The highest BCUT2D eigenvalue weighted by Gasteiger charge is 2.12. The van der Waals surface area contributed by atoms with Crippen molar-refractivity contribution in [2.24, 2.45) is 12.0 Å². The van der Waals surface area contributed by atoms with Crippen molar-refractivity contribution in [3.8, 4) is 11.5 Å². The number of aliphatic imine (C=N–C) groups is 1. The lowest BCUT2D eigenvalue weighted by Crippen LogP contribution is -2.36. The average molecular weight is 422 g/mol. The standard InChI is InChI=1S/C23H27N5O3/c1-15-21(16(2)28(3)27-15)14-24-23(25-18-8-12-20(31-5)13-9-18)26-22(29)17-6-10-19(30-4)11-7-17/h6-13H,14H2,1-5H3,(H2,24,25,26,29). The zero-order chi connectivity index (χ0) is 22.4. The molecular weight excluding hydrogens is 394 g/mol. The lowest BCUT2D eigenvalue weighted by atomic mass is 10.2. The maximum atomic E-state index is 12.8. The number of nitrogens with zero attached hydrogens (tertiary/aromatic N) is 3. The molecule has 0 saturated heterocycles. The van der Waals surface area contributed by atoms with E-state index in [9.17, 15) is 4.79 Å². The number of benzene rings is 2. The Morgan fingerprint density at radius 1 is 1.00 bits per heavy atom. The Bertz CT molecular complexity index is 1070. The maximum absolute atomic E-state index is 12.8. The highest BCUT2D eigenvalue weighted by atomic mass is 16.5. The van der Waals surface area contributed by atoms with Crippen molar-refractivity contribution < 1.29 is 14.3 Å². The topological polar surface area (TPSA) is 89.8 Å². The molecule has 8 heteroatoms. The minimum absolute atomic E-state index is 0.276. The van der Waals surface area contributed by atoms with Gasteiger partial charge in [0.25, 0.3) is 5.91 Å². The van der Waals surface area contributed by atoms with Gasteiger partial charge in [-0.3, -0.25) is 14.8 Å². The third-order valence-corrected chi connectivity index (χ3v) is 4.99. The molecular formula is C23H27N5O3. The fourth-order valence-corrected chi connectivity index (χ4v) is 3.05. The van der Waals surface area contributed by atoms with Crippen molar-refractivity contribution in [3.63, 3.8) is 0 Å². The molecule has 0 bridgehead atoms. The van der Waals surface area contributed by atoms with Crippen molar-refractivity contribution in [1.29, 1.82) is 0 Å². The van der Waals surface area contributed by atoms with Gasteiger partial charge in [-0.2, -0.15) is 5.10 Å². The van der Waals surface area contributed by atoms with E-state index in [4.69, 9.17) is 9.47 Å². The van der Waals surface area contributed by atoms with Gasteiger partial charge in [0.1, 0.15) is 11.5 Å². The second-order valence-electron chi connectivity index (χ2n) is 6.97. The van der Waals surface area contributed by atoms with Crippen LogP contribution < -0.4 is 20.1 Å². The molecule has 0 aliphatic carbocycles. The number of guanidine groups is 1. The molecule has 0 spiro atoms. The van der Waals surface area contributed by atoms with Gasteiger partial charge in [-0.15, -0.1) is 0 Å². The second-order valence-corrected chi connectivity index (χ2v) is 6.97. The zero-order valence-electron chi connectivity index (χ0n) is 18.4. The van der Waals surface area contributed by atoms with Gasteiger partial charge in [0, 0.05) is 29.6 Å². The first-order valence-corrected chi connectivity index (χ1v) is 9.81. The lowest BCUT2D eigenvalue weighted by molar-refractivity contribution is 0.0977. The van der Waals surface area contributed by atoms with Crippen LogP contribution in [0.15, 0.2) is 53.5 Å². The van der Waals surface area contributed by atoms with Crippen LogP contribution in [0.5, 0.6) is 11.5 Å². The van der Waals surface area contributed by atoms with E-state index in [1.165, 1.54) is 0 Å². The van der Waals surface area contributed by atoms with Crippen LogP contribution in [0.4, 0.5) is 5.69 Å². The van der Waals surface area contributed by atoms with E-state index in [1.54, 1.807) is 38.5 Å². The summed E-state index contributed by atoms with van der Waals surface area (Å²) >= 11 is 0. The van der Waals surface area contributed by atoms with Crippen molar-refractivity contribution >= 4 is 17.6 Å². The molecule has 8 nitrogen and oxygen atoms in total. The normalized spacial score (nSPS) is 11.2. The number of rotatable bonds is 6. The van der Waals surface area contributed by atoms with E-state index in [2.05, 4.69) is 20.7 Å². The van der Waals surface area contributed by atoms with Gasteiger partial charge in [0.2, 0.25) is 5.96 Å². The molecule has 1 amide bonds. The molecule has 3 aromatic rings. The number of aromatic nitrogens is 2. The van der Waals surface area contributed by atoms with Gasteiger partial charge in [0.15, 0.2) is 0 Å². The Labute approximate surface area is 181 Å². The van der Waals surface area contributed by atoms with Crippen LogP contribution >= 0.6 is 0 Å². The number of methoxy groups -OCH3 is 2. The number of hydrogen-bond acceptors (Lipinski definition) is 5. The molecule has 1 aromatic heterocycles. The number of nitrogens with one attached hydrogen (secondary N) is 2.